The number of aromatic nitrogens is 1. The zero-order chi connectivity index (χ0) is 21.5. The fourth-order valence-corrected chi connectivity index (χ4v) is 3.50. The molecule has 0 radical (unpaired) electrons. The van der Waals surface area contributed by atoms with E-state index in [2.05, 4.69) is 9.88 Å². The van der Waals surface area contributed by atoms with Crippen molar-refractivity contribution in [3.8, 4) is 11.5 Å². The number of ether oxygens (including phenoxy) is 2. The van der Waals surface area contributed by atoms with E-state index < -0.39 is 0 Å². The van der Waals surface area contributed by atoms with Crippen LogP contribution in [0.1, 0.15) is 46.9 Å². The number of furan rings is 1. The zero-order valence-electron chi connectivity index (χ0n) is 18.2. The quantitative estimate of drug-likeness (QED) is 0.534. The van der Waals surface area contributed by atoms with Crippen molar-refractivity contribution in [2.45, 2.75) is 40.7 Å². The summed E-state index contributed by atoms with van der Waals surface area (Å²) in [6, 6.07) is 11.7. The predicted octanol–water partition coefficient (Wildman–Crippen LogP) is 4.52. The van der Waals surface area contributed by atoms with Gasteiger partial charge in [-0.1, -0.05) is 6.07 Å². The molecular weight excluding hydrogens is 380 g/mol. The van der Waals surface area contributed by atoms with Crippen molar-refractivity contribution in [3.63, 3.8) is 0 Å². The van der Waals surface area contributed by atoms with E-state index in [-0.39, 0.29) is 5.91 Å². The standard InChI is InChI=1S/C24H30N2O4/c1-5-28-22-10-9-19(15-23(22)29-6-2)11-12-25-24(27)21-14-17(3)26(18(21)4)16-20-8-7-13-30-20/h7-10,13-15H,5-6,11-12,16H2,1-4H3,(H,25,27). The fraction of sp³-hybridized carbons (Fsp3) is 0.375. The Kier molecular flexibility index (Phi) is 7.22. The summed E-state index contributed by atoms with van der Waals surface area (Å²) in [5.74, 6) is 2.29. The Morgan fingerprint density at radius 3 is 2.53 bits per heavy atom. The Bertz CT molecular complexity index is 974. The molecule has 0 aliphatic carbocycles. The third kappa shape index (κ3) is 5.06. The molecule has 3 rings (SSSR count). The highest BCUT2D eigenvalue weighted by Crippen LogP contribution is 2.28. The summed E-state index contributed by atoms with van der Waals surface area (Å²) in [6.45, 7) is 10.2. The molecule has 6 heteroatoms. The summed E-state index contributed by atoms with van der Waals surface area (Å²) in [6.07, 6.45) is 2.37. The molecule has 160 valence electrons. The second kappa shape index (κ2) is 10.1. The first kappa shape index (κ1) is 21.6. The Morgan fingerprint density at radius 2 is 1.83 bits per heavy atom. The number of aryl methyl sites for hydroxylation is 1. The van der Waals surface area contributed by atoms with Crippen molar-refractivity contribution in [1.29, 1.82) is 0 Å². The molecule has 2 aromatic heterocycles. The summed E-state index contributed by atoms with van der Waals surface area (Å²) < 4.78 is 18.8. The van der Waals surface area contributed by atoms with E-state index in [4.69, 9.17) is 13.9 Å². The van der Waals surface area contributed by atoms with Crippen LogP contribution in [-0.4, -0.2) is 30.2 Å². The number of carbonyl (C=O) groups excluding carboxylic acids is 1. The lowest BCUT2D eigenvalue weighted by molar-refractivity contribution is 0.0953. The van der Waals surface area contributed by atoms with Gasteiger partial charge in [0.25, 0.3) is 5.91 Å². The average molecular weight is 411 g/mol. The van der Waals surface area contributed by atoms with Crippen molar-refractivity contribution < 1.29 is 18.7 Å². The van der Waals surface area contributed by atoms with Gasteiger partial charge in [0.1, 0.15) is 5.76 Å². The number of carbonyl (C=O) groups is 1. The number of hydrogen-bond donors (Lipinski definition) is 1. The SMILES string of the molecule is CCOc1ccc(CCNC(=O)c2cc(C)n(Cc3ccco3)c2C)cc1OCC. The molecule has 0 spiro atoms. The molecule has 0 fully saturated rings. The van der Waals surface area contributed by atoms with Gasteiger partial charge in [0.05, 0.1) is 31.6 Å². The first-order chi connectivity index (χ1) is 14.5. The lowest BCUT2D eigenvalue weighted by atomic mass is 10.1. The Hall–Kier alpha value is -3.15. The van der Waals surface area contributed by atoms with Gasteiger partial charge in [0.15, 0.2) is 11.5 Å². The second-order valence-electron chi connectivity index (χ2n) is 7.10. The summed E-state index contributed by atoms with van der Waals surface area (Å²) in [7, 11) is 0. The van der Waals surface area contributed by atoms with Crippen LogP contribution in [0.4, 0.5) is 0 Å². The smallest absolute Gasteiger partial charge is 0.253 e. The van der Waals surface area contributed by atoms with E-state index in [1.165, 1.54) is 0 Å². The minimum absolute atomic E-state index is 0.0650. The summed E-state index contributed by atoms with van der Waals surface area (Å²) in [5.41, 5.74) is 3.74. The summed E-state index contributed by atoms with van der Waals surface area (Å²) in [5, 5.41) is 3.03. The lowest BCUT2D eigenvalue weighted by Gasteiger charge is -2.13. The topological polar surface area (TPSA) is 65.6 Å². The zero-order valence-corrected chi connectivity index (χ0v) is 18.2. The third-order valence-electron chi connectivity index (χ3n) is 5.02. The molecule has 0 aliphatic heterocycles. The van der Waals surface area contributed by atoms with Gasteiger partial charge in [0.2, 0.25) is 0 Å². The van der Waals surface area contributed by atoms with E-state index in [9.17, 15) is 4.79 Å². The summed E-state index contributed by atoms with van der Waals surface area (Å²) in [4.78, 5) is 12.7. The van der Waals surface area contributed by atoms with Gasteiger partial charge in [0, 0.05) is 17.9 Å². The maximum atomic E-state index is 12.7. The van der Waals surface area contributed by atoms with Crippen LogP contribution in [-0.2, 0) is 13.0 Å². The molecule has 2 heterocycles. The van der Waals surface area contributed by atoms with Gasteiger partial charge in [-0.25, -0.2) is 0 Å². The van der Waals surface area contributed by atoms with E-state index in [0.29, 0.717) is 38.3 Å². The molecule has 1 aromatic carbocycles. The Balaban J connectivity index is 1.61. The van der Waals surface area contributed by atoms with E-state index in [1.54, 1.807) is 6.26 Å². The van der Waals surface area contributed by atoms with Crippen LogP contribution in [0.25, 0.3) is 0 Å². The number of nitrogens with one attached hydrogen (secondary N) is 1. The third-order valence-corrected chi connectivity index (χ3v) is 5.02. The monoisotopic (exact) mass is 410 g/mol. The number of rotatable bonds is 10. The highest BCUT2D eigenvalue weighted by molar-refractivity contribution is 5.95. The molecule has 1 N–H and O–H groups in total. The second-order valence-corrected chi connectivity index (χ2v) is 7.10. The van der Waals surface area contributed by atoms with Gasteiger partial charge < -0.3 is 23.8 Å². The van der Waals surface area contributed by atoms with Gasteiger partial charge in [-0.15, -0.1) is 0 Å². The maximum Gasteiger partial charge on any atom is 0.253 e. The van der Waals surface area contributed by atoms with Crippen LogP contribution in [0, 0.1) is 13.8 Å². The molecule has 30 heavy (non-hydrogen) atoms. The van der Waals surface area contributed by atoms with Crippen molar-refractivity contribution >= 4 is 5.91 Å². The predicted molar refractivity (Wildman–Crippen MR) is 117 cm³/mol. The molecule has 6 nitrogen and oxygen atoms in total. The number of nitrogens with zero attached hydrogens (tertiary/aromatic N) is 1. The first-order valence-electron chi connectivity index (χ1n) is 10.4. The van der Waals surface area contributed by atoms with E-state index in [0.717, 1.165) is 34.2 Å². The lowest BCUT2D eigenvalue weighted by Crippen LogP contribution is -2.26. The van der Waals surface area contributed by atoms with E-state index >= 15 is 0 Å². The Morgan fingerprint density at radius 1 is 1.07 bits per heavy atom. The van der Waals surface area contributed by atoms with Crippen LogP contribution in [0.15, 0.2) is 47.1 Å². The van der Waals surface area contributed by atoms with Crippen LogP contribution < -0.4 is 14.8 Å². The molecule has 0 unspecified atom stereocenters. The normalized spacial score (nSPS) is 10.8. The largest absolute Gasteiger partial charge is 0.490 e. The van der Waals surface area contributed by atoms with Gasteiger partial charge in [-0.3, -0.25) is 4.79 Å². The molecule has 0 saturated carbocycles. The van der Waals surface area contributed by atoms with Gasteiger partial charge in [-0.05, 0) is 70.0 Å². The van der Waals surface area contributed by atoms with E-state index in [1.807, 2.05) is 64.1 Å². The van der Waals surface area contributed by atoms with Crippen LogP contribution in [0.5, 0.6) is 11.5 Å². The summed E-state index contributed by atoms with van der Waals surface area (Å²) >= 11 is 0. The molecule has 0 saturated heterocycles. The minimum atomic E-state index is -0.0650. The van der Waals surface area contributed by atoms with Crippen molar-refractivity contribution in [2.75, 3.05) is 19.8 Å². The molecule has 0 bridgehead atoms. The van der Waals surface area contributed by atoms with Crippen LogP contribution in [0.3, 0.4) is 0 Å². The highest BCUT2D eigenvalue weighted by atomic mass is 16.5. The van der Waals surface area contributed by atoms with Crippen molar-refractivity contribution in [1.82, 2.24) is 9.88 Å². The fourth-order valence-electron chi connectivity index (χ4n) is 3.50. The molecular formula is C24H30N2O4. The molecule has 0 atom stereocenters. The number of hydrogen-bond acceptors (Lipinski definition) is 4. The number of benzene rings is 1. The molecule has 3 aromatic rings. The van der Waals surface area contributed by atoms with Crippen LogP contribution >= 0.6 is 0 Å². The number of amides is 1. The maximum absolute atomic E-state index is 12.7. The molecule has 1 amide bonds. The van der Waals surface area contributed by atoms with Crippen molar-refractivity contribution in [2.24, 2.45) is 0 Å². The average Bonchev–Trinajstić information content (AvgIpc) is 3.34. The Labute approximate surface area is 177 Å². The van der Waals surface area contributed by atoms with Gasteiger partial charge >= 0.3 is 0 Å². The van der Waals surface area contributed by atoms with Gasteiger partial charge in [-0.2, -0.15) is 0 Å². The highest BCUT2D eigenvalue weighted by Gasteiger charge is 2.16. The van der Waals surface area contributed by atoms with Crippen LogP contribution in [0.2, 0.25) is 0 Å². The minimum Gasteiger partial charge on any atom is -0.490 e. The first-order valence-corrected chi connectivity index (χ1v) is 10.4. The molecule has 0 aliphatic rings. The van der Waals surface area contributed by atoms with Crippen molar-refractivity contribution in [3.05, 3.63) is 70.9 Å².